The van der Waals surface area contributed by atoms with Crippen LogP contribution in [0.3, 0.4) is 0 Å². The van der Waals surface area contributed by atoms with Crippen LogP contribution >= 0.6 is 0 Å². The smallest absolute Gasteiger partial charge is 0.405 e. The maximum Gasteiger partial charge on any atom is 0.405 e. The van der Waals surface area contributed by atoms with E-state index in [9.17, 15) is 33.6 Å². The molecule has 9 rings (SSSR count). The van der Waals surface area contributed by atoms with Crippen LogP contribution in [0.4, 0.5) is 27.5 Å². The highest BCUT2D eigenvalue weighted by Crippen LogP contribution is 2.44. The molecule has 4 N–H and O–H groups in total. The molecule has 4 aromatic carbocycles. The lowest BCUT2D eigenvalue weighted by Crippen LogP contribution is -2.49. The topological polar surface area (TPSA) is 254 Å². The van der Waals surface area contributed by atoms with Crippen LogP contribution in [-0.2, 0) is 33.4 Å². The molecule has 0 spiro atoms. The van der Waals surface area contributed by atoms with Crippen molar-refractivity contribution in [2.45, 2.75) is 116 Å². The van der Waals surface area contributed by atoms with E-state index in [0.29, 0.717) is 65.8 Å². The van der Waals surface area contributed by atoms with Gasteiger partial charge in [-0.05, 0) is 90.6 Å². The molecule has 25 heteroatoms. The molecule has 7 amide bonds. The van der Waals surface area contributed by atoms with Crippen molar-refractivity contribution >= 4 is 91.6 Å². The number of likely N-dealkylation sites (N-methyl/N-ethyl adjacent to an activating group) is 1. The molecule has 92 heavy (non-hydrogen) atoms. The number of benzene rings is 4. The van der Waals surface area contributed by atoms with Gasteiger partial charge in [0.1, 0.15) is 31.6 Å². The lowest BCUT2D eigenvalue weighted by Gasteiger charge is -2.34. The van der Waals surface area contributed by atoms with Gasteiger partial charge < -0.3 is 69.1 Å². The standard InChI is InChI=1S/C67H89N9O14Si2/c1-42(2)60(90-67(68)83)62(78)69-43(3)61(77)70-48-18-14-44(15-19-48)46-32-54-65(81)75(40-86-28-30-91(7,8)9)52-36-58(56(84-5)34-50(52)63(79)73(54)38-46)88-26-13-27-89-59-37-53-51(35-57(59)85-6)64(80)74-39-47(33-55(74)66(82)76(53)41-87-29-31-92(10,11)12)45-16-20-49(21-17-45)72-24-22-71(4)23-25-72/h14-21,34-39,42-43,54-55,60H,13,22-33,40-41H2,1-12H3,(H2,68,83)(H,69,78)(H,70,77)/t43-,54-,55-,60-/m0/s1. The second-order valence-corrected chi connectivity index (χ2v) is 38.0. The number of hydrogen-bond acceptors (Lipinski definition) is 16. The van der Waals surface area contributed by atoms with Crippen molar-refractivity contribution in [3.8, 4) is 23.0 Å². The van der Waals surface area contributed by atoms with Crippen LogP contribution in [0.5, 0.6) is 23.0 Å². The maximum absolute atomic E-state index is 14.9. The number of nitrogens with zero attached hydrogens (tertiary/aromatic N) is 6. The number of amides is 7. The van der Waals surface area contributed by atoms with Crippen LogP contribution in [0.1, 0.15) is 71.9 Å². The average Bonchev–Trinajstić information content (AvgIpc) is 1.59. The lowest BCUT2D eigenvalue weighted by molar-refractivity contribution is -0.134. The van der Waals surface area contributed by atoms with Crippen LogP contribution in [0.25, 0.3) is 11.1 Å². The number of methoxy groups -OCH3 is 2. The third-order valence-corrected chi connectivity index (χ3v) is 20.4. The molecule has 0 aromatic heterocycles. The van der Waals surface area contributed by atoms with Crippen molar-refractivity contribution in [1.29, 1.82) is 0 Å². The lowest BCUT2D eigenvalue weighted by atomic mass is 10.0. The van der Waals surface area contributed by atoms with Crippen LogP contribution in [0.15, 0.2) is 85.2 Å². The Morgan fingerprint density at radius 3 is 1.49 bits per heavy atom. The van der Waals surface area contributed by atoms with Gasteiger partial charge in [0.05, 0.1) is 49.9 Å². The van der Waals surface area contributed by atoms with Gasteiger partial charge >= 0.3 is 6.09 Å². The van der Waals surface area contributed by atoms with Crippen LogP contribution in [-0.4, -0.2) is 184 Å². The number of carbonyl (C=O) groups excluding carboxylic acids is 7. The Hall–Kier alpha value is -8.24. The summed E-state index contributed by atoms with van der Waals surface area (Å²) >= 11 is 0. The summed E-state index contributed by atoms with van der Waals surface area (Å²) in [6.45, 7) is 23.1. The predicted octanol–water partition coefficient (Wildman–Crippen LogP) is 8.70. The van der Waals surface area contributed by atoms with Crippen molar-refractivity contribution in [1.82, 2.24) is 20.0 Å². The molecular formula is C67H89N9O14Si2. The van der Waals surface area contributed by atoms with Gasteiger partial charge in [-0.25, -0.2) is 4.79 Å². The quantitative estimate of drug-likeness (QED) is 0.0373. The molecule has 4 aromatic rings. The first kappa shape index (κ1) is 68.1. The molecule has 4 atom stereocenters. The second kappa shape index (κ2) is 29.2. The fourth-order valence-corrected chi connectivity index (χ4v) is 13.0. The number of fused-ring (bicyclic) bond motifs is 4. The van der Waals surface area contributed by atoms with Crippen molar-refractivity contribution in [2.75, 3.05) is 107 Å². The molecule has 1 saturated heterocycles. The molecule has 0 bridgehead atoms. The van der Waals surface area contributed by atoms with Gasteiger partial charge in [0, 0.05) is 111 Å². The minimum atomic E-state index is -1.53. The molecule has 1 fully saturated rings. The van der Waals surface area contributed by atoms with E-state index in [-0.39, 0.29) is 73.4 Å². The Labute approximate surface area is 541 Å². The van der Waals surface area contributed by atoms with Gasteiger partial charge in [0.25, 0.3) is 29.5 Å². The number of rotatable bonds is 27. The van der Waals surface area contributed by atoms with Gasteiger partial charge in [0.15, 0.2) is 29.1 Å². The normalized spacial score (nSPS) is 18.2. The second-order valence-electron chi connectivity index (χ2n) is 26.7. The molecule has 0 unspecified atom stereocenters. The highest BCUT2D eigenvalue weighted by atomic mass is 28.3. The molecule has 0 radical (unpaired) electrons. The number of anilines is 4. The van der Waals surface area contributed by atoms with Crippen LogP contribution in [0, 0.1) is 5.92 Å². The highest BCUT2D eigenvalue weighted by molar-refractivity contribution is 6.76. The monoisotopic (exact) mass is 1300 g/mol. The molecule has 0 aliphatic carbocycles. The van der Waals surface area contributed by atoms with Gasteiger partial charge in [0.2, 0.25) is 5.91 Å². The zero-order chi connectivity index (χ0) is 66.3. The van der Waals surface area contributed by atoms with Crippen molar-refractivity contribution in [2.24, 2.45) is 11.7 Å². The first-order valence-corrected chi connectivity index (χ1v) is 38.9. The molecule has 0 saturated carbocycles. The Balaban J connectivity index is 0.899. The summed E-state index contributed by atoms with van der Waals surface area (Å²) in [5.74, 6) is -1.84. The molecule has 23 nitrogen and oxygen atoms in total. The minimum absolute atomic E-state index is 0.0643. The Bertz CT molecular complexity index is 3470. The van der Waals surface area contributed by atoms with E-state index in [1.165, 1.54) is 30.9 Å². The Kier molecular flexibility index (Phi) is 21.6. The van der Waals surface area contributed by atoms with Gasteiger partial charge in [-0.3, -0.25) is 38.6 Å². The van der Waals surface area contributed by atoms with Crippen molar-refractivity contribution in [3.05, 3.63) is 107 Å². The zero-order valence-corrected chi connectivity index (χ0v) is 57.1. The number of ether oxygens (including phenoxy) is 7. The summed E-state index contributed by atoms with van der Waals surface area (Å²) < 4.78 is 42.0. The van der Waals surface area contributed by atoms with E-state index >= 15 is 0 Å². The largest absolute Gasteiger partial charge is 0.493 e. The van der Waals surface area contributed by atoms with E-state index < -0.39 is 70.1 Å². The summed E-state index contributed by atoms with van der Waals surface area (Å²) in [5, 5.41) is 5.34. The van der Waals surface area contributed by atoms with Gasteiger partial charge in [-0.1, -0.05) is 77.4 Å². The Morgan fingerprint density at radius 2 is 1.07 bits per heavy atom. The SMILES string of the molecule is COc1cc2c(cc1OCCCOc1cc3c(cc1OC)C(=O)N1C=C(c4ccc(N5CCN(C)CC5)cc4)C[C@H]1C(=O)N3COCC[Si](C)(C)C)N(COCC[Si](C)(C)C)C(=O)[C@@H]1CC(c3ccc(NC(=O)[C@H](C)NC(=O)[C@@H](OC(N)=O)C(C)C)cc3)=CN1C2=O. The Morgan fingerprint density at radius 1 is 0.609 bits per heavy atom. The van der Waals surface area contributed by atoms with Crippen LogP contribution < -0.4 is 50.0 Å². The number of primary amides is 1. The fraction of sp³-hybridized carbons (Fsp3) is 0.478. The van der Waals surface area contributed by atoms with E-state index in [1.807, 2.05) is 0 Å². The van der Waals surface area contributed by atoms with E-state index in [2.05, 4.69) is 91.0 Å². The van der Waals surface area contributed by atoms with E-state index in [1.54, 1.807) is 84.6 Å². The van der Waals surface area contributed by atoms with E-state index in [4.69, 9.17) is 38.9 Å². The minimum Gasteiger partial charge on any atom is -0.493 e. The first-order valence-electron chi connectivity index (χ1n) is 31.5. The van der Waals surface area contributed by atoms with E-state index in [0.717, 1.165) is 55.1 Å². The summed E-state index contributed by atoms with van der Waals surface area (Å²) in [4.78, 5) is 107. The van der Waals surface area contributed by atoms with Gasteiger partial charge in [-0.2, -0.15) is 0 Å². The number of carbonyl (C=O) groups is 7. The summed E-state index contributed by atoms with van der Waals surface area (Å²) in [7, 11) is 2.08. The molecule has 5 aliphatic heterocycles. The molecule has 494 valence electrons. The number of nitrogens with one attached hydrogen (secondary N) is 2. The molecule has 5 heterocycles. The third-order valence-electron chi connectivity index (χ3n) is 17.0. The van der Waals surface area contributed by atoms with Crippen molar-refractivity contribution < 1.29 is 66.7 Å². The van der Waals surface area contributed by atoms with Crippen LogP contribution in [0.2, 0.25) is 51.4 Å². The summed E-state index contributed by atoms with van der Waals surface area (Å²) in [6.07, 6.45) is 2.04. The molecular weight excluding hydrogens is 1210 g/mol. The number of piperazine rings is 1. The molecule has 5 aliphatic rings. The first-order chi connectivity index (χ1) is 43.7. The predicted molar refractivity (Wildman–Crippen MR) is 358 cm³/mol. The summed E-state index contributed by atoms with van der Waals surface area (Å²) in [5.41, 5.74) is 11.1. The van der Waals surface area contributed by atoms with Gasteiger partial charge in [-0.15, -0.1) is 0 Å². The fourth-order valence-electron chi connectivity index (χ4n) is 11.4. The third kappa shape index (κ3) is 16.1. The number of hydrogen-bond donors (Lipinski definition) is 3. The highest BCUT2D eigenvalue weighted by Gasteiger charge is 2.45. The maximum atomic E-state index is 14.9. The van der Waals surface area contributed by atoms with Crippen molar-refractivity contribution in [3.63, 3.8) is 0 Å². The summed E-state index contributed by atoms with van der Waals surface area (Å²) in [6, 6.07) is 20.8. The zero-order valence-electron chi connectivity index (χ0n) is 55.1. The average molecular weight is 1300 g/mol. The number of nitrogens with two attached hydrogens (primary N) is 1.